The molecular formula is C33H62NNa2O9P. The average Bonchev–Trinajstić information content (AvgIpc) is 2.96. The van der Waals surface area contributed by atoms with Crippen LogP contribution in [0.5, 0.6) is 0 Å². The minimum atomic E-state index is -5.25. The van der Waals surface area contributed by atoms with E-state index in [1.165, 1.54) is 84.0 Å². The molecule has 0 saturated carbocycles. The summed E-state index contributed by atoms with van der Waals surface area (Å²) in [6.07, 6.45) is 23.9. The second kappa shape index (κ2) is 36.8. The van der Waals surface area contributed by atoms with Gasteiger partial charge < -0.3 is 33.7 Å². The quantitative estimate of drug-likeness (QED) is 0.0467. The summed E-state index contributed by atoms with van der Waals surface area (Å²) in [7, 11) is -5.25. The molecule has 0 rings (SSSR count). The molecule has 0 aliphatic heterocycles. The van der Waals surface area contributed by atoms with Crippen molar-refractivity contribution in [3.63, 3.8) is 0 Å². The fourth-order valence-corrected chi connectivity index (χ4v) is 5.33. The summed E-state index contributed by atoms with van der Waals surface area (Å²) < 4.78 is 25.6. The van der Waals surface area contributed by atoms with Crippen LogP contribution in [-0.4, -0.2) is 43.7 Å². The zero-order valence-electron chi connectivity index (χ0n) is 29.8. The van der Waals surface area contributed by atoms with Gasteiger partial charge in [-0.2, -0.15) is 0 Å². The Morgan fingerprint density at radius 1 is 0.609 bits per heavy atom. The van der Waals surface area contributed by atoms with Crippen molar-refractivity contribution in [2.45, 2.75) is 174 Å². The summed E-state index contributed by atoms with van der Waals surface area (Å²) >= 11 is 0. The first-order valence-corrected chi connectivity index (χ1v) is 18.9. The minimum absolute atomic E-state index is 0. The van der Waals surface area contributed by atoms with Crippen molar-refractivity contribution in [2.75, 3.05) is 19.8 Å². The molecule has 13 heteroatoms. The van der Waals surface area contributed by atoms with Crippen molar-refractivity contribution < 1.29 is 102 Å². The molecule has 0 unspecified atom stereocenters. The van der Waals surface area contributed by atoms with Crippen molar-refractivity contribution in [3.05, 3.63) is 0 Å². The number of amides is 1. The monoisotopic (exact) mass is 693 g/mol. The molecule has 0 heterocycles. The van der Waals surface area contributed by atoms with Crippen molar-refractivity contribution in [2.24, 2.45) is 0 Å². The first kappa shape index (κ1) is 50.9. The van der Waals surface area contributed by atoms with Crippen LogP contribution in [0.4, 0.5) is 0 Å². The Bertz CT molecular complexity index is 771. The number of esters is 2. The number of carbonyl (C=O) groups is 3. The molecule has 0 aliphatic carbocycles. The van der Waals surface area contributed by atoms with Gasteiger partial charge in [-0.3, -0.25) is 14.4 Å². The standard InChI is InChI=1S/C33H64NO9P.2Na/c1-3-4-5-6-7-8-10-14-17-20-23-26-33(37)43-31(29-42-44(38,39)40)28-41-32(36)25-22-19-16-13-11-9-12-15-18-21-24-27-34-30(2)35;;/h31H,3-29H2,1-2H3,(H,34,35)(H2,38,39,40);;/q;2*+1/p-2/t31-;;/m1../s1. The van der Waals surface area contributed by atoms with Gasteiger partial charge in [0.2, 0.25) is 5.91 Å². The number of rotatable bonds is 32. The third-order valence-corrected chi connectivity index (χ3v) is 8.03. The number of phosphoric acid groups is 1. The molecule has 0 aliphatic rings. The SMILES string of the molecule is CCCCCCCCCCCCCC(=O)O[C@H](COC(=O)CCCCCCCCCCCCCNC(C)=O)COP(=O)([O-])[O-].[Na+].[Na+]. The molecular weight excluding hydrogens is 631 g/mol. The smallest absolute Gasteiger partial charge is 0.790 e. The number of phosphoric ester groups is 1. The molecule has 0 aromatic heterocycles. The Morgan fingerprint density at radius 3 is 1.41 bits per heavy atom. The van der Waals surface area contributed by atoms with Gasteiger partial charge in [-0.25, -0.2) is 0 Å². The summed E-state index contributed by atoms with van der Waals surface area (Å²) in [5, 5.41) is 2.81. The van der Waals surface area contributed by atoms with Crippen LogP contribution in [0.15, 0.2) is 0 Å². The zero-order valence-corrected chi connectivity index (χ0v) is 34.7. The second-order valence-electron chi connectivity index (χ2n) is 11.9. The van der Waals surface area contributed by atoms with E-state index in [-0.39, 0.29) is 84.5 Å². The molecule has 0 spiro atoms. The van der Waals surface area contributed by atoms with Crippen LogP contribution in [0, 0.1) is 0 Å². The van der Waals surface area contributed by atoms with Gasteiger partial charge >= 0.3 is 71.1 Å². The Kier molecular flexibility index (Phi) is 40.7. The summed E-state index contributed by atoms with van der Waals surface area (Å²) in [6, 6.07) is 0. The van der Waals surface area contributed by atoms with Gasteiger partial charge in [0.05, 0.1) is 14.4 Å². The van der Waals surface area contributed by atoms with E-state index in [2.05, 4.69) is 16.8 Å². The van der Waals surface area contributed by atoms with Crippen molar-refractivity contribution in [1.82, 2.24) is 5.32 Å². The van der Waals surface area contributed by atoms with E-state index < -0.39 is 32.5 Å². The third kappa shape index (κ3) is 40.7. The Balaban J connectivity index is -0.00000924. The van der Waals surface area contributed by atoms with E-state index in [0.717, 1.165) is 57.9 Å². The van der Waals surface area contributed by atoms with Gasteiger partial charge in [-0.05, 0) is 19.3 Å². The number of unbranched alkanes of at least 4 members (excludes halogenated alkanes) is 20. The Hall–Kier alpha value is 0.520. The Morgan fingerprint density at radius 2 is 1.00 bits per heavy atom. The van der Waals surface area contributed by atoms with E-state index in [4.69, 9.17) is 9.47 Å². The van der Waals surface area contributed by atoms with Crippen LogP contribution in [0.25, 0.3) is 0 Å². The molecule has 0 aromatic rings. The van der Waals surface area contributed by atoms with Gasteiger partial charge in [0.25, 0.3) is 0 Å². The van der Waals surface area contributed by atoms with E-state index in [9.17, 15) is 28.7 Å². The van der Waals surface area contributed by atoms with Crippen molar-refractivity contribution in [1.29, 1.82) is 0 Å². The van der Waals surface area contributed by atoms with E-state index >= 15 is 0 Å². The second-order valence-corrected chi connectivity index (χ2v) is 13.1. The first-order chi connectivity index (χ1) is 21.1. The largest absolute Gasteiger partial charge is 1.00 e. The van der Waals surface area contributed by atoms with Crippen LogP contribution in [0.3, 0.4) is 0 Å². The molecule has 46 heavy (non-hydrogen) atoms. The molecule has 0 saturated heterocycles. The Labute approximate surface area is 324 Å². The average molecular weight is 694 g/mol. The predicted octanol–water partition coefficient (Wildman–Crippen LogP) is 0.813. The van der Waals surface area contributed by atoms with Gasteiger partial charge in [0.1, 0.15) is 6.61 Å². The van der Waals surface area contributed by atoms with E-state index in [0.29, 0.717) is 12.8 Å². The molecule has 1 N–H and O–H groups in total. The molecule has 1 amide bonds. The number of carbonyl (C=O) groups excluding carboxylic acids is 3. The van der Waals surface area contributed by atoms with Crippen molar-refractivity contribution in [3.8, 4) is 0 Å². The molecule has 10 nitrogen and oxygen atoms in total. The van der Waals surface area contributed by atoms with Gasteiger partial charge in [-0.1, -0.05) is 129 Å². The molecule has 0 aromatic carbocycles. The summed E-state index contributed by atoms with van der Waals surface area (Å²) in [4.78, 5) is 57.0. The normalized spacial score (nSPS) is 11.7. The maximum atomic E-state index is 12.3. The van der Waals surface area contributed by atoms with Gasteiger partial charge in [0.15, 0.2) is 6.10 Å². The number of hydrogen-bond acceptors (Lipinski definition) is 9. The number of ether oxygens (including phenoxy) is 2. The fraction of sp³-hybridized carbons (Fsp3) is 0.909. The minimum Gasteiger partial charge on any atom is -0.790 e. The van der Waals surface area contributed by atoms with Crippen LogP contribution in [-0.2, 0) is 32.9 Å². The number of nitrogens with one attached hydrogen (secondary N) is 1. The first-order valence-electron chi connectivity index (χ1n) is 17.4. The predicted molar refractivity (Wildman–Crippen MR) is 170 cm³/mol. The fourth-order valence-electron chi connectivity index (χ4n) is 4.98. The molecule has 260 valence electrons. The molecule has 0 fully saturated rings. The van der Waals surface area contributed by atoms with Crippen LogP contribution >= 0.6 is 7.82 Å². The van der Waals surface area contributed by atoms with Crippen LogP contribution < -0.4 is 74.2 Å². The zero-order chi connectivity index (χ0) is 32.7. The summed E-state index contributed by atoms with van der Waals surface area (Å²) in [6.45, 7) is 3.49. The van der Waals surface area contributed by atoms with Crippen LogP contribution in [0.1, 0.15) is 168 Å². The van der Waals surface area contributed by atoms with E-state index in [1.54, 1.807) is 0 Å². The van der Waals surface area contributed by atoms with E-state index in [1.807, 2.05) is 0 Å². The molecule has 1 atom stereocenters. The summed E-state index contributed by atoms with van der Waals surface area (Å²) in [5.74, 6) is -0.957. The van der Waals surface area contributed by atoms with Crippen molar-refractivity contribution >= 4 is 25.7 Å². The van der Waals surface area contributed by atoms with Crippen LogP contribution in [0.2, 0.25) is 0 Å². The van der Waals surface area contributed by atoms with Gasteiger partial charge in [0, 0.05) is 26.3 Å². The molecule has 0 bridgehead atoms. The maximum absolute atomic E-state index is 12.3. The summed E-state index contributed by atoms with van der Waals surface area (Å²) in [5.41, 5.74) is 0. The van der Waals surface area contributed by atoms with Gasteiger partial charge in [-0.15, -0.1) is 0 Å². The maximum Gasteiger partial charge on any atom is 1.00 e. The number of hydrogen-bond donors (Lipinski definition) is 1. The topological polar surface area (TPSA) is 154 Å². The molecule has 0 radical (unpaired) electrons. The third-order valence-electron chi connectivity index (χ3n) is 7.56.